The van der Waals surface area contributed by atoms with Gasteiger partial charge in [-0.2, -0.15) is 0 Å². The molecule has 0 radical (unpaired) electrons. The molecule has 0 unspecified atom stereocenters. The largest absolute Gasteiger partial charge is 0.325 e. The van der Waals surface area contributed by atoms with E-state index in [0.29, 0.717) is 28.9 Å². The zero-order valence-electron chi connectivity index (χ0n) is 17.0. The van der Waals surface area contributed by atoms with Gasteiger partial charge in [-0.05, 0) is 37.3 Å². The number of thioether (sulfide) groups is 1. The first-order valence-electron chi connectivity index (χ1n) is 9.41. The van der Waals surface area contributed by atoms with Crippen molar-refractivity contribution in [3.8, 4) is 0 Å². The molecule has 0 aliphatic heterocycles. The van der Waals surface area contributed by atoms with Crippen LogP contribution in [0.1, 0.15) is 12.7 Å². The molecule has 31 heavy (non-hydrogen) atoms. The quantitative estimate of drug-likeness (QED) is 0.490. The van der Waals surface area contributed by atoms with Crippen LogP contribution in [-0.4, -0.2) is 41.1 Å². The van der Waals surface area contributed by atoms with Gasteiger partial charge in [0.2, 0.25) is 15.9 Å². The summed E-state index contributed by atoms with van der Waals surface area (Å²) in [6, 6.07) is 14.4. The van der Waals surface area contributed by atoms with E-state index in [1.807, 2.05) is 13.0 Å². The van der Waals surface area contributed by atoms with Crippen LogP contribution in [0.5, 0.6) is 0 Å². The molecule has 0 saturated heterocycles. The number of anilines is 2. The summed E-state index contributed by atoms with van der Waals surface area (Å²) in [6.07, 6.45) is 1.14. The van der Waals surface area contributed by atoms with Gasteiger partial charge in [0.25, 0.3) is 0 Å². The zero-order valence-corrected chi connectivity index (χ0v) is 18.7. The van der Waals surface area contributed by atoms with Gasteiger partial charge in [0.15, 0.2) is 11.0 Å². The Kier molecular flexibility index (Phi) is 7.29. The number of halogens is 1. The number of benzene rings is 2. The molecule has 0 bridgehead atoms. The second-order valence-corrected chi connectivity index (χ2v) is 9.44. The summed E-state index contributed by atoms with van der Waals surface area (Å²) < 4.78 is 41.0. The molecule has 1 amide bonds. The third kappa shape index (κ3) is 6.05. The third-order valence-corrected chi connectivity index (χ3v) is 6.39. The van der Waals surface area contributed by atoms with Crippen molar-refractivity contribution < 1.29 is 17.6 Å². The molecule has 1 heterocycles. The SMILES string of the molecule is CCn1c(CN(c2ccccc2)S(C)(=O)=O)nnc1SCC(=O)Nc1cccc(F)c1. The highest BCUT2D eigenvalue weighted by atomic mass is 32.2. The minimum atomic E-state index is -3.55. The summed E-state index contributed by atoms with van der Waals surface area (Å²) >= 11 is 1.17. The number of carbonyl (C=O) groups excluding carboxylic acids is 1. The van der Waals surface area contributed by atoms with Crippen molar-refractivity contribution in [2.24, 2.45) is 0 Å². The molecule has 0 atom stereocenters. The van der Waals surface area contributed by atoms with Crippen LogP contribution < -0.4 is 9.62 Å². The lowest BCUT2D eigenvalue weighted by atomic mass is 10.3. The van der Waals surface area contributed by atoms with Crippen molar-refractivity contribution in [2.45, 2.75) is 25.2 Å². The number of rotatable bonds is 9. The summed E-state index contributed by atoms with van der Waals surface area (Å²) in [5, 5.41) is 11.4. The molecule has 164 valence electrons. The van der Waals surface area contributed by atoms with Crippen molar-refractivity contribution in [3.05, 3.63) is 66.2 Å². The molecule has 0 saturated carbocycles. The predicted molar refractivity (Wildman–Crippen MR) is 119 cm³/mol. The van der Waals surface area contributed by atoms with Crippen LogP contribution in [0.2, 0.25) is 0 Å². The Morgan fingerprint density at radius 1 is 1.16 bits per heavy atom. The normalized spacial score (nSPS) is 11.3. The maximum absolute atomic E-state index is 13.3. The topological polar surface area (TPSA) is 97.2 Å². The van der Waals surface area contributed by atoms with E-state index >= 15 is 0 Å². The maximum Gasteiger partial charge on any atom is 0.234 e. The molecule has 2 aromatic carbocycles. The lowest BCUT2D eigenvalue weighted by molar-refractivity contribution is -0.113. The lowest BCUT2D eigenvalue weighted by Crippen LogP contribution is -2.30. The minimum Gasteiger partial charge on any atom is -0.325 e. The first-order valence-corrected chi connectivity index (χ1v) is 12.2. The Bertz CT molecular complexity index is 1150. The maximum atomic E-state index is 13.3. The van der Waals surface area contributed by atoms with Gasteiger partial charge in [0.05, 0.1) is 24.2 Å². The number of amides is 1. The zero-order chi connectivity index (χ0) is 22.4. The predicted octanol–water partition coefficient (Wildman–Crippen LogP) is 3.13. The van der Waals surface area contributed by atoms with Gasteiger partial charge in [-0.1, -0.05) is 36.0 Å². The van der Waals surface area contributed by atoms with Crippen molar-refractivity contribution in [1.82, 2.24) is 14.8 Å². The van der Waals surface area contributed by atoms with Gasteiger partial charge < -0.3 is 9.88 Å². The van der Waals surface area contributed by atoms with Gasteiger partial charge in [-0.3, -0.25) is 9.10 Å². The van der Waals surface area contributed by atoms with Crippen molar-refractivity contribution in [2.75, 3.05) is 21.6 Å². The van der Waals surface area contributed by atoms with E-state index in [1.54, 1.807) is 34.9 Å². The Morgan fingerprint density at radius 3 is 2.55 bits per heavy atom. The van der Waals surface area contributed by atoms with Crippen LogP contribution in [0, 0.1) is 5.82 Å². The van der Waals surface area contributed by atoms with E-state index in [2.05, 4.69) is 15.5 Å². The van der Waals surface area contributed by atoms with Crippen molar-refractivity contribution >= 4 is 39.1 Å². The number of nitrogens with zero attached hydrogens (tertiary/aromatic N) is 4. The molecular formula is C20H22FN5O3S2. The highest BCUT2D eigenvalue weighted by Gasteiger charge is 2.22. The Morgan fingerprint density at radius 2 is 1.90 bits per heavy atom. The first-order chi connectivity index (χ1) is 14.8. The average Bonchev–Trinajstić information content (AvgIpc) is 3.12. The monoisotopic (exact) mass is 463 g/mol. The summed E-state index contributed by atoms with van der Waals surface area (Å²) in [5.41, 5.74) is 0.897. The smallest absolute Gasteiger partial charge is 0.234 e. The summed E-state index contributed by atoms with van der Waals surface area (Å²) in [7, 11) is -3.55. The Balaban J connectivity index is 1.72. The van der Waals surface area contributed by atoms with E-state index in [9.17, 15) is 17.6 Å². The highest BCUT2D eigenvalue weighted by molar-refractivity contribution is 7.99. The fourth-order valence-corrected chi connectivity index (χ4v) is 4.55. The molecule has 0 aliphatic carbocycles. The molecule has 0 fully saturated rings. The molecule has 1 aromatic heterocycles. The van der Waals surface area contributed by atoms with Crippen LogP contribution >= 0.6 is 11.8 Å². The van der Waals surface area contributed by atoms with Gasteiger partial charge in [-0.25, -0.2) is 12.8 Å². The fourth-order valence-electron chi connectivity index (χ4n) is 2.88. The van der Waals surface area contributed by atoms with Crippen LogP contribution in [0.25, 0.3) is 0 Å². The second-order valence-electron chi connectivity index (χ2n) is 6.60. The molecule has 3 rings (SSSR count). The molecule has 0 aliphatic rings. The van der Waals surface area contributed by atoms with Crippen LogP contribution in [-0.2, 0) is 27.9 Å². The highest BCUT2D eigenvalue weighted by Crippen LogP contribution is 2.23. The molecule has 0 spiro atoms. The summed E-state index contributed by atoms with van der Waals surface area (Å²) in [4.78, 5) is 12.2. The van der Waals surface area contributed by atoms with E-state index in [-0.39, 0.29) is 18.2 Å². The van der Waals surface area contributed by atoms with Gasteiger partial charge in [0, 0.05) is 12.2 Å². The van der Waals surface area contributed by atoms with E-state index in [0.717, 1.165) is 6.26 Å². The standard InChI is InChI=1S/C20H22FN5O3S2/c1-3-25-18(13-26(31(2,28)29)17-10-5-4-6-11-17)23-24-20(25)30-14-19(27)22-16-9-7-8-15(21)12-16/h4-12H,3,13-14H2,1-2H3,(H,22,27). The number of hydrogen-bond donors (Lipinski definition) is 1. The molecule has 3 aromatic rings. The fraction of sp³-hybridized carbons (Fsp3) is 0.250. The Hall–Kier alpha value is -2.92. The third-order valence-electron chi connectivity index (χ3n) is 4.28. The average molecular weight is 464 g/mol. The molecular weight excluding hydrogens is 441 g/mol. The minimum absolute atomic E-state index is 0.0136. The molecule has 11 heteroatoms. The first kappa shape index (κ1) is 22.8. The van der Waals surface area contributed by atoms with Gasteiger partial charge in [-0.15, -0.1) is 10.2 Å². The number of aromatic nitrogens is 3. The van der Waals surface area contributed by atoms with Crippen molar-refractivity contribution in [1.29, 1.82) is 0 Å². The summed E-state index contributed by atoms with van der Waals surface area (Å²) in [5.74, 6) is -0.243. The summed E-state index contributed by atoms with van der Waals surface area (Å²) in [6.45, 7) is 2.40. The number of nitrogens with one attached hydrogen (secondary N) is 1. The number of hydrogen-bond acceptors (Lipinski definition) is 6. The van der Waals surface area contributed by atoms with E-state index in [4.69, 9.17) is 0 Å². The molecule has 8 nitrogen and oxygen atoms in total. The second kappa shape index (κ2) is 9.92. The number of carbonyl (C=O) groups is 1. The number of sulfonamides is 1. The van der Waals surface area contributed by atoms with Crippen LogP contribution in [0.3, 0.4) is 0 Å². The van der Waals surface area contributed by atoms with Gasteiger partial charge in [0.1, 0.15) is 5.82 Å². The lowest BCUT2D eigenvalue weighted by Gasteiger charge is -2.22. The van der Waals surface area contributed by atoms with E-state index in [1.165, 1.54) is 34.3 Å². The Labute approximate surface area is 184 Å². The van der Waals surface area contributed by atoms with Gasteiger partial charge >= 0.3 is 0 Å². The number of para-hydroxylation sites is 1. The van der Waals surface area contributed by atoms with Crippen LogP contribution in [0.15, 0.2) is 59.8 Å². The molecule has 1 N–H and O–H groups in total. The van der Waals surface area contributed by atoms with Crippen LogP contribution in [0.4, 0.5) is 15.8 Å². The van der Waals surface area contributed by atoms with Crippen molar-refractivity contribution in [3.63, 3.8) is 0 Å². The van der Waals surface area contributed by atoms with E-state index < -0.39 is 15.8 Å².